The molecule has 0 saturated heterocycles. The Bertz CT molecular complexity index is 388. The molecule has 1 rings (SSSR count). The molecule has 1 aromatic rings. The highest BCUT2D eigenvalue weighted by molar-refractivity contribution is 5.80. The highest BCUT2D eigenvalue weighted by Gasteiger charge is 2.05. The van der Waals surface area contributed by atoms with Gasteiger partial charge in [0.2, 0.25) is 0 Å². The van der Waals surface area contributed by atoms with Crippen LogP contribution in [0.5, 0.6) is 5.75 Å². The average Bonchev–Trinajstić information content (AvgIpc) is 2.30. The monoisotopic (exact) mass is 251 g/mol. The maximum atomic E-state index is 8.49. The molecule has 4 N–H and O–H groups in total. The van der Waals surface area contributed by atoms with Crippen molar-refractivity contribution in [1.29, 1.82) is 0 Å². The number of ether oxygens (including phenoxy) is 1. The number of amidine groups is 1. The Kier molecular flexibility index (Phi) is 5.30. The minimum absolute atomic E-state index is 0.0952. The highest BCUT2D eigenvalue weighted by Crippen LogP contribution is 2.17. The summed E-state index contributed by atoms with van der Waals surface area (Å²) in [5.74, 6) is 1.06. The molecule has 1 unspecified atom stereocenters. The van der Waals surface area contributed by atoms with E-state index < -0.39 is 0 Å². The molecule has 5 nitrogen and oxygen atoms in total. The number of nitrogens with one attached hydrogen (secondary N) is 1. The van der Waals surface area contributed by atoms with Crippen LogP contribution in [-0.4, -0.2) is 23.2 Å². The molecule has 0 aliphatic rings. The first-order valence-electron chi connectivity index (χ1n) is 6.01. The minimum Gasteiger partial charge on any atom is -0.491 e. The maximum Gasteiger partial charge on any atom is 0.141 e. The Labute approximate surface area is 108 Å². The predicted octanol–water partition coefficient (Wildman–Crippen LogP) is 2.41. The van der Waals surface area contributed by atoms with E-state index >= 15 is 0 Å². The van der Waals surface area contributed by atoms with E-state index in [1.165, 1.54) is 0 Å². The van der Waals surface area contributed by atoms with Crippen LogP contribution in [0.1, 0.15) is 27.2 Å². The van der Waals surface area contributed by atoms with Crippen molar-refractivity contribution in [3.05, 3.63) is 24.3 Å². The van der Waals surface area contributed by atoms with Crippen LogP contribution in [0.2, 0.25) is 0 Å². The second kappa shape index (κ2) is 6.74. The number of hydrogen-bond donors (Lipinski definition) is 3. The van der Waals surface area contributed by atoms with Gasteiger partial charge in [-0.25, -0.2) is 0 Å². The molecule has 0 spiro atoms. The first-order chi connectivity index (χ1) is 8.51. The van der Waals surface area contributed by atoms with Gasteiger partial charge in [-0.05, 0) is 45.0 Å². The number of rotatable bonds is 6. The Hall–Kier alpha value is -1.91. The summed E-state index contributed by atoms with van der Waals surface area (Å²) < 4.78 is 5.56. The molecule has 1 atom stereocenters. The van der Waals surface area contributed by atoms with E-state index in [4.69, 9.17) is 15.7 Å². The summed E-state index contributed by atoms with van der Waals surface area (Å²) in [5, 5.41) is 14.7. The average molecular weight is 251 g/mol. The number of nitrogens with two attached hydrogens (primary N) is 1. The third-order valence-corrected chi connectivity index (χ3v) is 2.28. The maximum absolute atomic E-state index is 8.49. The van der Waals surface area contributed by atoms with Crippen molar-refractivity contribution in [2.45, 2.75) is 39.3 Å². The largest absolute Gasteiger partial charge is 0.491 e. The van der Waals surface area contributed by atoms with Crippen LogP contribution in [0, 0.1) is 0 Å². The fourth-order valence-corrected chi connectivity index (χ4v) is 1.59. The molecular weight excluding hydrogens is 230 g/mol. The van der Waals surface area contributed by atoms with Crippen LogP contribution < -0.4 is 15.8 Å². The molecule has 0 heterocycles. The summed E-state index contributed by atoms with van der Waals surface area (Å²) in [4.78, 5) is 0. The van der Waals surface area contributed by atoms with Crippen LogP contribution in [0.4, 0.5) is 5.69 Å². The zero-order valence-electron chi connectivity index (χ0n) is 11.1. The molecule has 0 amide bonds. The number of benzene rings is 1. The molecule has 0 saturated carbocycles. The molecule has 1 aromatic carbocycles. The summed E-state index contributed by atoms with van der Waals surface area (Å²) in [6, 6.07) is 7.82. The summed E-state index contributed by atoms with van der Waals surface area (Å²) in [7, 11) is 0. The number of hydrogen-bond acceptors (Lipinski definition) is 4. The van der Waals surface area contributed by atoms with Crippen LogP contribution in [0.15, 0.2) is 29.4 Å². The van der Waals surface area contributed by atoms with E-state index in [9.17, 15) is 0 Å². The molecule has 0 aromatic heterocycles. The topological polar surface area (TPSA) is 79.9 Å². The molecule has 0 aliphatic carbocycles. The third kappa shape index (κ3) is 4.95. The Balaban J connectivity index is 2.53. The van der Waals surface area contributed by atoms with Gasteiger partial charge in [0, 0.05) is 18.2 Å². The Morgan fingerprint density at radius 1 is 1.33 bits per heavy atom. The second-order valence-electron chi connectivity index (χ2n) is 4.53. The fraction of sp³-hybridized carbons (Fsp3) is 0.462. The number of nitrogens with zero attached hydrogens (tertiary/aromatic N) is 1. The van der Waals surface area contributed by atoms with Crippen LogP contribution in [0.3, 0.4) is 0 Å². The lowest BCUT2D eigenvalue weighted by Gasteiger charge is -2.15. The second-order valence-corrected chi connectivity index (χ2v) is 4.53. The molecule has 5 heteroatoms. The fourth-order valence-electron chi connectivity index (χ4n) is 1.59. The van der Waals surface area contributed by atoms with E-state index in [0.29, 0.717) is 6.42 Å². The lowest BCUT2D eigenvalue weighted by Crippen LogP contribution is -2.24. The smallest absolute Gasteiger partial charge is 0.141 e. The van der Waals surface area contributed by atoms with Crippen molar-refractivity contribution < 1.29 is 9.94 Å². The first-order valence-corrected chi connectivity index (χ1v) is 6.01. The van der Waals surface area contributed by atoms with E-state index in [2.05, 4.69) is 10.5 Å². The van der Waals surface area contributed by atoms with Gasteiger partial charge in [0.25, 0.3) is 0 Å². The van der Waals surface area contributed by atoms with Gasteiger partial charge in [0.15, 0.2) is 0 Å². The lowest BCUT2D eigenvalue weighted by molar-refractivity contribution is 0.242. The van der Waals surface area contributed by atoms with Gasteiger partial charge < -0.3 is 21.0 Å². The quantitative estimate of drug-likeness (QED) is 0.314. The minimum atomic E-state index is 0.0952. The van der Waals surface area contributed by atoms with Gasteiger partial charge in [-0.2, -0.15) is 0 Å². The molecule has 18 heavy (non-hydrogen) atoms. The zero-order chi connectivity index (χ0) is 13.5. The normalized spacial score (nSPS) is 13.4. The lowest BCUT2D eigenvalue weighted by atomic mass is 10.2. The Morgan fingerprint density at radius 2 is 1.94 bits per heavy atom. The third-order valence-electron chi connectivity index (χ3n) is 2.28. The SMILES string of the molecule is CC(CC(N)=NO)Nc1ccc(OC(C)C)cc1. The molecule has 100 valence electrons. The predicted molar refractivity (Wildman–Crippen MR) is 73.3 cm³/mol. The van der Waals surface area contributed by atoms with E-state index in [1.54, 1.807) is 0 Å². The van der Waals surface area contributed by atoms with Crippen molar-refractivity contribution in [3.8, 4) is 5.75 Å². The van der Waals surface area contributed by atoms with Crippen LogP contribution in [0.25, 0.3) is 0 Å². The molecule has 0 bridgehead atoms. The van der Waals surface area contributed by atoms with E-state index in [-0.39, 0.29) is 18.0 Å². The number of oxime groups is 1. The Morgan fingerprint density at radius 3 is 2.44 bits per heavy atom. The number of anilines is 1. The van der Waals surface area contributed by atoms with Gasteiger partial charge in [-0.3, -0.25) is 0 Å². The van der Waals surface area contributed by atoms with Gasteiger partial charge in [0.05, 0.1) is 6.10 Å². The zero-order valence-corrected chi connectivity index (χ0v) is 11.1. The highest BCUT2D eigenvalue weighted by atomic mass is 16.5. The van der Waals surface area contributed by atoms with Gasteiger partial charge in [0.1, 0.15) is 11.6 Å². The van der Waals surface area contributed by atoms with Gasteiger partial charge in [-0.1, -0.05) is 5.16 Å². The van der Waals surface area contributed by atoms with Crippen molar-refractivity contribution in [3.63, 3.8) is 0 Å². The summed E-state index contributed by atoms with van der Waals surface area (Å²) in [6.07, 6.45) is 0.657. The summed E-state index contributed by atoms with van der Waals surface area (Å²) in [6.45, 7) is 5.95. The van der Waals surface area contributed by atoms with Crippen molar-refractivity contribution >= 4 is 11.5 Å². The van der Waals surface area contributed by atoms with Crippen LogP contribution in [-0.2, 0) is 0 Å². The van der Waals surface area contributed by atoms with E-state index in [1.807, 2.05) is 45.0 Å². The first kappa shape index (κ1) is 14.2. The molecule has 0 aliphatic heterocycles. The molecular formula is C13H21N3O2. The summed E-state index contributed by atoms with van der Waals surface area (Å²) >= 11 is 0. The molecule has 0 fully saturated rings. The standard InChI is InChI=1S/C13H21N3O2/c1-9(2)18-12-6-4-11(5-7-12)15-10(3)8-13(14)16-17/h4-7,9-10,15,17H,8H2,1-3H3,(H2,14,16). The summed E-state index contributed by atoms with van der Waals surface area (Å²) in [5.41, 5.74) is 6.42. The van der Waals surface area contributed by atoms with Crippen molar-refractivity contribution in [1.82, 2.24) is 0 Å². The van der Waals surface area contributed by atoms with Gasteiger partial charge in [-0.15, -0.1) is 0 Å². The van der Waals surface area contributed by atoms with Crippen molar-refractivity contribution in [2.75, 3.05) is 5.32 Å². The van der Waals surface area contributed by atoms with E-state index in [0.717, 1.165) is 11.4 Å². The van der Waals surface area contributed by atoms with Gasteiger partial charge >= 0.3 is 0 Å². The molecule has 0 radical (unpaired) electrons. The van der Waals surface area contributed by atoms with Crippen LogP contribution >= 0.6 is 0 Å². The van der Waals surface area contributed by atoms with Crippen molar-refractivity contribution in [2.24, 2.45) is 10.9 Å².